The van der Waals surface area contributed by atoms with E-state index in [0.29, 0.717) is 5.82 Å². The van der Waals surface area contributed by atoms with Crippen LogP contribution in [0.5, 0.6) is 0 Å². The Morgan fingerprint density at radius 1 is 0.880 bits per heavy atom. The Kier molecular flexibility index (Phi) is 5.36. The maximum Gasteiger partial charge on any atom is 0.160 e. The van der Waals surface area contributed by atoms with Crippen LogP contribution in [0.2, 0.25) is 0 Å². The summed E-state index contributed by atoms with van der Waals surface area (Å²) in [5, 5.41) is 0. The van der Waals surface area contributed by atoms with E-state index in [2.05, 4.69) is 29.1 Å². The zero-order valence-electron chi connectivity index (χ0n) is 13.7. The zero-order valence-corrected chi connectivity index (χ0v) is 15.3. The van der Waals surface area contributed by atoms with Crippen LogP contribution in [0.3, 0.4) is 0 Å². The van der Waals surface area contributed by atoms with Crippen LogP contribution in [-0.4, -0.2) is 9.97 Å². The van der Waals surface area contributed by atoms with E-state index in [1.54, 1.807) is 12.2 Å². The van der Waals surface area contributed by atoms with Crippen molar-refractivity contribution in [3.63, 3.8) is 0 Å². The SMILES string of the molecule is C=C/C=C(\C=C)c1cc(-c2cccc(Br)c2)nc(-c2ccccc2)n1. The average molecular weight is 389 g/mol. The van der Waals surface area contributed by atoms with Gasteiger partial charge in [0.05, 0.1) is 11.4 Å². The van der Waals surface area contributed by atoms with Gasteiger partial charge in [-0.25, -0.2) is 9.97 Å². The number of benzene rings is 2. The highest BCUT2D eigenvalue weighted by molar-refractivity contribution is 9.10. The van der Waals surface area contributed by atoms with Crippen molar-refractivity contribution < 1.29 is 0 Å². The molecule has 3 rings (SSSR count). The number of hydrogen-bond acceptors (Lipinski definition) is 2. The fraction of sp³-hybridized carbons (Fsp3) is 0. The van der Waals surface area contributed by atoms with Crippen LogP contribution in [0.4, 0.5) is 0 Å². The minimum absolute atomic E-state index is 0.685. The number of allylic oxidation sites excluding steroid dienone is 4. The molecule has 122 valence electrons. The Morgan fingerprint density at radius 2 is 1.64 bits per heavy atom. The van der Waals surface area contributed by atoms with Gasteiger partial charge in [-0.05, 0) is 23.8 Å². The predicted molar refractivity (Wildman–Crippen MR) is 109 cm³/mol. The summed E-state index contributed by atoms with van der Waals surface area (Å²) in [7, 11) is 0. The van der Waals surface area contributed by atoms with Crippen molar-refractivity contribution in [2.75, 3.05) is 0 Å². The number of halogens is 1. The topological polar surface area (TPSA) is 25.8 Å². The summed E-state index contributed by atoms with van der Waals surface area (Å²) in [4.78, 5) is 9.50. The summed E-state index contributed by atoms with van der Waals surface area (Å²) < 4.78 is 1.01. The number of aromatic nitrogens is 2. The van der Waals surface area contributed by atoms with Crippen molar-refractivity contribution in [1.82, 2.24) is 9.97 Å². The molecule has 1 heterocycles. The Morgan fingerprint density at radius 3 is 2.32 bits per heavy atom. The lowest BCUT2D eigenvalue weighted by Gasteiger charge is -2.10. The van der Waals surface area contributed by atoms with E-state index in [0.717, 1.165) is 32.6 Å². The molecule has 0 unspecified atom stereocenters. The van der Waals surface area contributed by atoms with Crippen LogP contribution in [0.15, 0.2) is 96.5 Å². The number of rotatable bonds is 5. The molecule has 1 aromatic heterocycles. The molecule has 0 aliphatic rings. The van der Waals surface area contributed by atoms with E-state index in [1.165, 1.54) is 0 Å². The normalized spacial score (nSPS) is 11.2. The van der Waals surface area contributed by atoms with Crippen LogP contribution >= 0.6 is 15.9 Å². The molecule has 3 heteroatoms. The Hall–Kier alpha value is -2.78. The molecule has 2 nitrogen and oxygen atoms in total. The average Bonchev–Trinajstić information content (AvgIpc) is 2.66. The van der Waals surface area contributed by atoms with Gasteiger partial charge in [0, 0.05) is 15.6 Å². The minimum Gasteiger partial charge on any atom is -0.228 e. The lowest BCUT2D eigenvalue weighted by molar-refractivity contribution is 1.16. The van der Waals surface area contributed by atoms with Crippen molar-refractivity contribution >= 4 is 21.5 Å². The molecule has 0 bridgehead atoms. The van der Waals surface area contributed by atoms with Gasteiger partial charge in [-0.15, -0.1) is 0 Å². The van der Waals surface area contributed by atoms with E-state index in [4.69, 9.17) is 9.97 Å². The van der Waals surface area contributed by atoms with E-state index < -0.39 is 0 Å². The first-order chi connectivity index (χ1) is 12.2. The Bertz CT molecular complexity index is 943. The maximum atomic E-state index is 4.77. The summed E-state index contributed by atoms with van der Waals surface area (Å²) in [5.41, 5.74) is 4.59. The molecule has 0 amide bonds. The molecule has 0 aliphatic heterocycles. The van der Waals surface area contributed by atoms with Crippen molar-refractivity contribution in [3.8, 4) is 22.6 Å². The molecule has 0 saturated heterocycles. The van der Waals surface area contributed by atoms with Crippen molar-refractivity contribution in [3.05, 3.63) is 102 Å². The van der Waals surface area contributed by atoms with Crippen molar-refractivity contribution in [1.29, 1.82) is 0 Å². The van der Waals surface area contributed by atoms with Gasteiger partial charge in [-0.2, -0.15) is 0 Å². The highest BCUT2D eigenvalue weighted by Crippen LogP contribution is 2.27. The van der Waals surface area contributed by atoms with Crippen LogP contribution in [0, 0.1) is 0 Å². The van der Waals surface area contributed by atoms with E-state index in [9.17, 15) is 0 Å². The van der Waals surface area contributed by atoms with Crippen LogP contribution in [0.25, 0.3) is 28.2 Å². The van der Waals surface area contributed by atoms with Crippen LogP contribution < -0.4 is 0 Å². The summed E-state index contributed by atoms with van der Waals surface area (Å²) in [6.07, 6.45) is 5.42. The molecule has 0 spiro atoms. The summed E-state index contributed by atoms with van der Waals surface area (Å²) >= 11 is 3.52. The molecule has 0 fully saturated rings. The lowest BCUT2D eigenvalue weighted by Crippen LogP contribution is -1.97. The molecular weight excluding hydrogens is 372 g/mol. The predicted octanol–water partition coefficient (Wildman–Crippen LogP) is 6.33. The number of nitrogens with zero attached hydrogens (tertiary/aromatic N) is 2. The quantitative estimate of drug-likeness (QED) is 0.477. The summed E-state index contributed by atoms with van der Waals surface area (Å²) in [6.45, 7) is 7.66. The van der Waals surface area contributed by atoms with Gasteiger partial charge >= 0.3 is 0 Å². The molecule has 3 aromatic rings. The molecule has 0 aliphatic carbocycles. The third-order valence-electron chi connectivity index (χ3n) is 3.69. The van der Waals surface area contributed by atoms with E-state index in [-0.39, 0.29) is 0 Å². The zero-order chi connectivity index (χ0) is 17.6. The summed E-state index contributed by atoms with van der Waals surface area (Å²) in [6, 6.07) is 20.0. The van der Waals surface area contributed by atoms with Gasteiger partial charge in [0.2, 0.25) is 0 Å². The smallest absolute Gasteiger partial charge is 0.160 e. The molecule has 2 aromatic carbocycles. The molecule has 0 saturated carbocycles. The molecular formula is C22H17BrN2. The monoisotopic (exact) mass is 388 g/mol. The van der Waals surface area contributed by atoms with Crippen molar-refractivity contribution in [2.24, 2.45) is 0 Å². The second-order valence-corrected chi connectivity index (χ2v) is 6.32. The van der Waals surface area contributed by atoms with Gasteiger partial charge in [-0.3, -0.25) is 0 Å². The fourth-order valence-corrected chi connectivity index (χ4v) is 2.89. The largest absolute Gasteiger partial charge is 0.228 e. The van der Waals surface area contributed by atoms with Gasteiger partial charge < -0.3 is 0 Å². The minimum atomic E-state index is 0.685. The highest BCUT2D eigenvalue weighted by atomic mass is 79.9. The maximum absolute atomic E-state index is 4.77. The second kappa shape index (κ2) is 7.86. The Labute approximate surface area is 156 Å². The Balaban J connectivity index is 2.23. The lowest BCUT2D eigenvalue weighted by atomic mass is 10.1. The van der Waals surface area contributed by atoms with Crippen LogP contribution in [-0.2, 0) is 0 Å². The van der Waals surface area contributed by atoms with E-state index >= 15 is 0 Å². The van der Waals surface area contributed by atoms with E-state index in [1.807, 2.05) is 66.7 Å². The second-order valence-electron chi connectivity index (χ2n) is 5.40. The first-order valence-electron chi connectivity index (χ1n) is 7.87. The highest BCUT2D eigenvalue weighted by Gasteiger charge is 2.10. The van der Waals surface area contributed by atoms with Crippen molar-refractivity contribution in [2.45, 2.75) is 0 Å². The third-order valence-corrected chi connectivity index (χ3v) is 4.18. The first-order valence-corrected chi connectivity index (χ1v) is 8.66. The molecule has 0 atom stereocenters. The molecule has 25 heavy (non-hydrogen) atoms. The third kappa shape index (κ3) is 4.01. The summed E-state index contributed by atoms with van der Waals surface area (Å²) in [5.74, 6) is 0.685. The van der Waals surface area contributed by atoms with Gasteiger partial charge in [-0.1, -0.05) is 89.8 Å². The van der Waals surface area contributed by atoms with Gasteiger partial charge in [0.15, 0.2) is 5.82 Å². The van der Waals surface area contributed by atoms with Gasteiger partial charge in [0.25, 0.3) is 0 Å². The number of hydrogen-bond donors (Lipinski definition) is 0. The first kappa shape index (κ1) is 17.1. The molecule has 0 N–H and O–H groups in total. The molecule has 0 radical (unpaired) electrons. The fourth-order valence-electron chi connectivity index (χ4n) is 2.49. The standard InChI is InChI=1S/C22H17BrN2/c1-3-9-16(4-2)20-15-21(18-12-8-13-19(23)14-18)25-22(24-20)17-10-6-5-7-11-17/h3-15H,1-2H2/b16-9+. The van der Waals surface area contributed by atoms with Crippen LogP contribution in [0.1, 0.15) is 5.69 Å². The van der Waals surface area contributed by atoms with Gasteiger partial charge in [0.1, 0.15) is 0 Å².